The van der Waals surface area contributed by atoms with Crippen molar-refractivity contribution in [3.63, 3.8) is 0 Å². The number of halogens is 1. The summed E-state index contributed by atoms with van der Waals surface area (Å²) in [7, 11) is 1.31. The summed E-state index contributed by atoms with van der Waals surface area (Å²) in [5, 5.41) is 7.57. The summed E-state index contributed by atoms with van der Waals surface area (Å²) in [5.74, 6) is 1.66. The Morgan fingerprint density at radius 1 is 0.831 bits per heavy atom. The van der Waals surface area contributed by atoms with Crippen LogP contribution in [0.1, 0.15) is 109 Å². The minimum absolute atomic E-state index is 0.0308. The lowest BCUT2D eigenvalue weighted by atomic mass is 9.85. The number of imidazole rings is 2. The highest BCUT2D eigenvalue weighted by Gasteiger charge is 2.45. The first-order valence-electron chi connectivity index (χ1n) is 22.7. The number of hydrogen-bond acceptors (Lipinski definition) is 10. The summed E-state index contributed by atoms with van der Waals surface area (Å²) in [6.07, 6.45) is 4.91. The van der Waals surface area contributed by atoms with Gasteiger partial charge in [0.15, 0.2) is 23.0 Å². The number of ether oxygens (including phenoxy) is 3. The number of carbonyl (C=O) groups is 4. The highest BCUT2D eigenvalue weighted by atomic mass is 127. The molecule has 0 aliphatic carbocycles. The number of rotatable bonds is 9. The number of nitrogens with zero attached hydrogens (tertiary/aromatic N) is 4. The number of carbonyl (C=O) groups excluding carboxylic acids is 4. The van der Waals surface area contributed by atoms with E-state index in [1.165, 1.54) is 30.1 Å². The molecule has 3 aromatic carbocycles. The summed E-state index contributed by atoms with van der Waals surface area (Å²) < 4.78 is 22.2. The molecule has 6 heterocycles. The molecule has 4 amide bonds. The summed E-state index contributed by atoms with van der Waals surface area (Å²) in [4.78, 5) is 74.0. The van der Waals surface area contributed by atoms with Gasteiger partial charge in [0.2, 0.25) is 11.8 Å². The van der Waals surface area contributed by atoms with Gasteiger partial charge in [-0.25, -0.2) is 19.6 Å². The number of hydrogen-bond donors (Lipinski definition) is 4. The monoisotopic (exact) mass is 1000 g/mol. The van der Waals surface area contributed by atoms with Gasteiger partial charge in [-0.1, -0.05) is 32.0 Å². The maximum atomic E-state index is 14.5. The van der Waals surface area contributed by atoms with Crippen LogP contribution in [-0.2, 0) is 28.7 Å². The van der Waals surface area contributed by atoms with Crippen molar-refractivity contribution < 1.29 is 36.5 Å². The molecule has 2 aromatic heterocycles. The molecule has 0 unspecified atom stereocenters. The van der Waals surface area contributed by atoms with Crippen LogP contribution in [0.5, 0.6) is 5.75 Å². The fraction of sp³-hybridized carbons (Fsp3) is 0.500. The molecular weight excluding hydrogens is 943 g/mol. The largest absolute Gasteiger partial charge is 0.488 e. The van der Waals surface area contributed by atoms with E-state index in [2.05, 4.69) is 63.9 Å². The van der Waals surface area contributed by atoms with Crippen molar-refractivity contribution in [1.82, 2.24) is 40.4 Å². The summed E-state index contributed by atoms with van der Waals surface area (Å²) >= 11 is 1.52. The van der Waals surface area contributed by atoms with Gasteiger partial charge in [0, 0.05) is 23.0 Å². The van der Waals surface area contributed by atoms with Gasteiger partial charge in [0.1, 0.15) is 36.1 Å². The first kappa shape index (κ1) is 44.8. The van der Waals surface area contributed by atoms with Gasteiger partial charge >= 0.3 is 12.2 Å². The zero-order chi connectivity index (χ0) is 45.8. The number of likely N-dealkylation sites (tertiary alicyclic amines) is 2. The fourth-order valence-electron chi connectivity index (χ4n) is 10.8. The zero-order valence-electron chi connectivity index (χ0n) is 37.8. The number of nitrogens with one attached hydrogen (secondary N) is 4. The van der Waals surface area contributed by atoms with Crippen LogP contribution in [0.2, 0.25) is 0 Å². The number of methoxy groups -OCH3 is 1. The number of benzene rings is 3. The molecule has 4 aliphatic heterocycles. The SMILES string of the molecule is COC(=O)N[C@H](C(=O)N1[C@@H](C)CC[C@H]1c1ncc(-c2ccc3c(c2)COc2cc4c(ccc5[nH]c([C@@H]6CC[C@H](C)N6C(=O)[C@@H](NC(=O)OI)C(C)C)nc54)cc2-3)[nH]1)C1C[C@@H](C)O[C@H](C)C1. The second-order valence-electron chi connectivity index (χ2n) is 18.7. The van der Waals surface area contributed by atoms with E-state index in [1.807, 2.05) is 56.7 Å². The molecule has 17 heteroatoms. The third kappa shape index (κ3) is 8.49. The third-order valence-electron chi connectivity index (χ3n) is 14.0. The molecule has 0 radical (unpaired) electrons. The van der Waals surface area contributed by atoms with Crippen molar-refractivity contribution in [2.75, 3.05) is 7.11 Å². The van der Waals surface area contributed by atoms with E-state index in [-0.39, 0.29) is 60.0 Å². The maximum absolute atomic E-state index is 14.5. The van der Waals surface area contributed by atoms with E-state index in [4.69, 9.17) is 27.2 Å². The Labute approximate surface area is 391 Å². The predicted octanol–water partition coefficient (Wildman–Crippen LogP) is 8.80. The molecule has 8 atom stereocenters. The summed E-state index contributed by atoms with van der Waals surface area (Å²) in [5.41, 5.74) is 6.57. The van der Waals surface area contributed by atoms with Crippen LogP contribution in [0.25, 0.3) is 44.2 Å². The molecule has 5 aromatic rings. The number of aromatic amines is 2. The minimum Gasteiger partial charge on any atom is -0.488 e. The first-order valence-corrected chi connectivity index (χ1v) is 23.6. The van der Waals surface area contributed by atoms with Gasteiger partial charge in [0.05, 0.1) is 54.3 Å². The number of aromatic nitrogens is 4. The van der Waals surface area contributed by atoms with Crippen LogP contribution in [0, 0.1) is 11.8 Å². The molecule has 0 bridgehead atoms. The van der Waals surface area contributed by atoms with Crippen molar-refractivity contribution >= 4 is 68.8 Å². The topological polar surface area (TPSA) is 193 Å². The lowest BCUT2D eigenvalue weighted by molar-refractivity contribution is -0.140. The number of H-pyrrole nitrogens is 2. The van der Waals surface area contributed by atoms with Gasteiger partial charge in [-0.3, -0.25) is 9.59 Å². The van der Waals surface area contributed by atoms with Crippen molar-refractivity contribution in [2.45, 2.75) is 135 Å². The minimum atomic E-state index is -0.747. The van der Waals surface area contributed by atoms with Crippen molar-refractivity contribution in [1.29, 1.82) is 0 Å². The number of amides is 4. The van der Waals surface area contributed by atoms with E-state index in [0.29, 0.717) is 31.1 Å². The number of alkyl carbamates (subject to hydrolysis) is 1. The molecule has 0 spiro atoms. The Morgan fingerprint density at radius 3 is 2.23 bits per heavy atom. The molecule has 16 nitrogen and oxygen atoms in total. The smallest absolute Gasteiger partial charge is 0.417 e. The molecule has 3 fully saturated rings. The van der Waals surface area contributed by atoms with Gasteiger partial charge < -0.3 is 47.7 Å². The van der Waals surface area contributed by atoms with Crippen LogP contribution in [0.4, 0.5) is 9.59 Å². The van der Waals surface area contributed by atoms with E-state index in [0.717, 1.165) is 81.2 Å². The molecule has 4 N–H and O–H groups in total. The highest BCUT2D eigenvalue weighted by molar-refractivity contribution is 14.1. The Hall–Kier alpha value is -5.43. The number of fused-ring (bicyclic) bond motifs is 6. The summed E-state index contributed by atoms with van der Waals surface area (Å²) in [6, 6.07) is 12.6. The standard InChI is InChI=1S/C48H57IN8O8/c1-23(2)40(54-48(61)65-49)45(58)57-25(4)9-15-38(57)44-51-35-13-11-28-19-34-32-12-10-29(18-31(32)22-63-39(34)20-33(28)42(35)53-44)36-21-50-43(52-36)37-14-8-24(3)56(37)46(59)41(55-47(60)62-7)30-16-26(5)64-27(6)17-30/h10-13,18-21,23-27,30,37-38,40-41H,8-9,14-17,22H2,1-7H3,(H,50,52)(H,51,53)(H,54,61)(H,55,60)/t24-,25-,26+,27+,37-,38-,40-,41-/m0/s1. The van der Waals surface area contributed by atoms with E-state index in [1.54, 1.807) is 0 Å². The van der Waals surface area contributed by atoms with Gasteiger partial charge in [-0.2, -0.15) is 0 Å². The molecule has 4 aliphatic rings. The van der Waals surface area contributed by atoms with Crippen LogP contribution in [0.15, 0.2) is 48.7 Å². The fourth-order valence-corrected chi connectivity index (χ4v) is 10.9. The average molecular weight is 1000 g/mol. The highest BCUT2D eigenvalue weighted by Crippen LogP contribution is 2.44. The lowest BCUT2D eigenvalue weighted by Crippen LogP contribution is -2.55. The van der Waals surface area contributed by atoms with Crippen LogP contribution in [-0.4, -0.2) is 97.2 Å². The van der Waals surface area contributed by atoms with Gasteiger partial charge in [-0.05, 0) is 124 Å². The van der Waals surface area contributed by atoms with Crippen LogP contribution >= 0.6 is 23.0 Å². The Morgan fingerprint density at radius 2 is 1.54 bits per heavy atom. The molecule has 344 valence electrons. The van der Waals surface area contributed by atoms with Crippen molar-refractivity contribution in [3.8, 4) is 28.1 Å². The van der Waals surface area contributed by atoms with Gasteiger partial charge in [-0.15, -0.1) is 0 Å². The normalized spacial score (nSPS) is 24.9. The molecule has 3 saturated heterocycles. The van der Waals surface area contributed by atoms with E-state index >= 15 is 0 Å². The Bertz CT molecular complexity index is 2640. The van der Waals surface area contributed by atoms with Crippen LogP contribution in [0.3, 0.4) is 0 Å². The molecule has 0 saturated carbocycles. The van der Waals surface area contributed by atoms with E-state index in [9.17, 15) is 19.2 Å². The quantitative estimate of drug-likeness (QED) is 0.104. The van der Waals surface area contributed by atoms with Gasteiger partial charge in [0.25, 0.3) is 0 Å². The average Bonchev–Trinajstić information content (AvgIpc) is 4.11. The second-order valence-corrected chi connectivity index (χ2v) is 19.1. The molecule has 9 rings (SSSR count). The zero-order valence-corrected chi connectivity index (χ0v) is 39.9. The predicted molar refractivity (Wildman–Crippen MR) is 252 cm³/mol. The summed E-state index contributed by atoms with van der Waals surface area (Å²) in [6.45, 7) is 12.3. The van der Waals surface area contributed by atoms with Crippen LogP contribution < -0.4 is 15.4 Å². The lowest BCUT2D eigenvalue weighted by Gasteiger charge is -2.39. The second kappa shape index (κ2) is 18.1. The van der Waals surface area contributed by atoms with Crippen molar-refractivity contribution in [3.05, 3.63) is 65.9 Å². The maximum Gasteiger partial charge on any atom is 0.417 e. The van der Waals surface area contributed by atoms with E-state index < -0.39 is 24.3 Å². The van der Waals surface area contributed by atoms with Crippen molar-refractivity contribution in [2.24, 2.45) is 11.8 Å². The first-order chi connectivity index (χ1) is 31.2. The Balaban J connectivity index is 0.959. The molecule has 65 heavy (non-hydrogen) atoms. The molecular formula is C48H57IN8O8. The Kier molecular flexibility index (Phi) is 12.5. The third-order valence-corrected chi connectivity index (χ3v) is 14.4.